The molecule has 12 heteroatoms. The molecule has 0 aliphatic carbocycles. The minimum Gasteiger partial charge on any atom is -0.342 e. The number of hydrogen-bond acceptors (Lipinski definition) is 8. The minimum atomic E-state index is -0.538. The second-order valence-electron chi connectivity index (χ2n) is 9.46. The first kappa shape index (κ1) is 27.4. The van der Waals surface area contributed by atoms with Gasteiger partial charge >= 0.3 is 0 Å². The summed E-state index contributed by atoms with van der Waals surface area (Å²) in [5, 5.41) is 23.2. The topological polar surface area (TPSA) is 123 Å². The van der Waals surface area contributed by atoms with E-state index in [2.05, 4.69) is 15.5 Å². The average Bonchev–Trinajstić information content (AvgIpc) is 3.32. The third kappa shape index (κ3) is 5.45. The maximum Gasteiger partial charge on any atom is 0.270 e. The molecule has 1 aromatic heterocycles. The summed E-state index contributed by atoms with van der Waals surface area (Å²) in [7, 11) is 1.79. The van der Waals surface area contributed by atoms with Crippen molar-refractivity contribution in [1.29, 1.82) is 0 Å². The van der Waals surface area contributed by atoms with Gasteiger partial charge in [-0.3, -0.25) is 24.6 Å². The van der Waals surface area contributed by atoms with Gasteiger partial charge in [-0.05, 0) is 36.2 Å². The van der Waals surface area contributed by atoms with Crippen molar-refractivity contribution >= 4 is 52.4 Å². The van der Waals surface area contributed by atoms with E-state index in [0.29, 0.717) is 11.0 Å². The Balaban J connectivity index is 1.33. The molecule has 2 amide bonds. The number of carbonyl (C=O) groups excluding carboxylic acids is 2. The fraction of sp³-hybridized carbons (Fsp3) is 0.214. The second kappa shape index (κ2) is 11.5. The van der Waals surface area contributed by atoms with E-state index in [1.54, 1.807) is 28.3 Å². The van der Waals surface area contributed by atoms with Gasteiger partial charge < -0.3 is 9.88 Å². The van der Waals surface area contributed by atoms with Gasteiger partial charge in [-0.25, -0.2) is 0 Å². The molecule has 5 rings (SSSR count). The molecule has 0 saturated carbocycles. The third-order valence-electron chi connectivity index (χ3n) is 6.43. The molecule has 2 heterocycles. The summed E-state index contributed by atoms with van der Waals surface area (Å²) in [5.41, 5.74) is 1.72. The SMILES string of the molecule is CC(C)[C@H](NC(=O)c1cccc([N+](=O)[O-])c1)c1nnc(SCC(=O)N2c3ccccc3Sc3ccccc32)n1C. The number of rotatable bonds is 8. The first-order valence-corrected chi connectivity index (χ1v) is 14.3. The fourth-order valence-electron chi connectivity index (χ4n) is 4.40. The summed E-state index contributed by atoms with van der Waals surface area (Å²) in [6, 6.07) is 20.7. The zero-order chi connectivity index (χ0) is 28.4. The number of fused-ring (bicyclic) bond motifs is 2. The van der Waals surface area contributed by atoms with E-state index in [1.165, 1.54) is 36.0 Å². The predicted molar refractivity (Wildman–Crippen MR) is 154 cm³/mol. The van der Waals surface area contributed by atoms with Gasteiger partial charge in [-0.1, -0.05) is 67.7 Å². The van der Waals surface area contributed by atoms with Crippen LogP contribution in [-0.2, 0) is 11.8 Å². The number of nitrogens with zero attached hydrogens (tertiary/aromatic N) is 5. The van der Waals surface area contributed by atoms with Gasteiger partial charge in [0, 0.05) is 34.5 Å². The van der Waals surface area contributed by atoms with E-state index in [0.717, 1.165) is 21.2 Å². The second-order valence-corrected chi connectivity index (χ2v) is 11.5. The van der Waals surface area contributed by atoms with Crippen LogP contribution in [0, 0.1) is 16.0 Å². The van der Waals surface area contributed by atoms with E-state index in [1.807, 2.05) is 62.4 Å². The van der Waals surface area contributed by atoms with Crippen LogP contribution in [0.1, 0.15) is 36.1 Å². The largest absolute Gasteiger partial charge is 0.342 e. The zero-order valence-electron chi connectivity index (χ0n) is 22.0. The van der Waals surface area contributed by atoms with Gasteiger partial charge in [0.05, 0.1) is 28.1 Å². The monoisotopic (exact) mass is 574 g/mol. The Morgan fingerprint density at radius 3 is 2.27 bits per heavy atom. The Bertz CT molecular complexity index is 1560. The first-order chi connectivity index (χ1) is 19.2. The van der Waals surface area contributed by atoms with Gasteiger partial charge in [-0.2, -0.15) is 0 Å². The van der Waals surface area contributed by atoms with Gasteiger partial charge in [-0.15, -0.1) is 10.2 Å². The van der Waals surface area contributed by atoms with Gasteiger partial charge in [0.15, 0.2) is 11.0 Å². The molecular weight excluding hydrogens is 548 g/mol. The van der Waals surface area contributed by atoms with Crippen molar-refractivity contribution in [2.24, 2.45) is 13.0 Å². The molecule has 1 atom stereocenters. The highest BCUT2D eigenvalue weighted by Gasteiger charge is 2.29. The van der Waals surface area contributed by atoms with E-state index < -0.39 is 16.9 Å². The summed E-state index contributed by atoms with van der Waals surface area (Å²) in [4.78, 5) is 40.9. The lowest BCUT2D eigenvalue weighted by atomic mass is 10.0. The van der Waals surface area contributed by atoms with Crippen molar-refractivity contribution in [2.75, 3.05) is 10.7 Å². The van der Waals surface area contributed by atoms with Crippen molar-refractivity contribution in [2.45, 2.75) is 34.8 Å². The molecule has 0 radical (unpaired) electrons. The van der Waals surface area contributed by atoms with Crippen LogP contribution in [0.15, 0.2) is 87.7 Å². The normalized spacial score (nSPS) is 12.9. The van der Waals surface area contributed by atoms with Gasteiger partial charge in [0.1, 0.15) is 0 Å². The summed E-state index contributed by atoms with van der Waals surface area (Å²) in [6.07, 6.45) is 0. The van der Waals surface area contributed by atoms with Gasteiger partial charge in [0.25, 0.3) is 11.6 Å². The van der Waals surface area contributed by atoms with Crippen LogP contribution in [0.25, 0.3) is 0 Å². The summed E-state index contributed by atoms with van der Waals surface area (Å²) in [5.74, 6) is 0.0630. The lowest BCUT2D eigenvalue weighted by Crippen LogP contribution is -2.33. The number of benzene rings is 3. The standard InChI is InChI=1S/C28H26N6O4S2/c1-17(2)25(29-27(36)18-9-8-10-19(15-18)34(37)38)26-30-31-28(32(26)3)39-16-24(35)33-20-11-4-6-13-22(20)40-23-14-7-5-12-21(23)33/h4-15,17,25H,16H2,1-3H3,(H,29,36)/t25-/m0/s1. The molecular formula is C28H26N6O4S2. The highest BCUT2D eigenvalue weighted by atomic mass is 32.2. The van der Waals surface area contributed by atoms with Crippen molar-refractivity contribution < 1.29 is 14.5 Å². The number of carbonyl (C=O) groups is 2. The molecule has 1 N–H and O–H groups in total. The average molecular weight is 575 g/mol. The number of thioether (sulfide) groups is 1. The number of non-ortho nitro benzene ring substituents is 1. The Labute approximate surface area is 239 Å². The van der Waals surface area contributed by atoms with E-state index in [9.17, 15) is 19.7 Å². The van der Waals surface area contributed by atoms with Crippen molar-refractivity contribution in [3.8, 4) is 0 Å². The first-order valence-electron chi connectivity index (χ1n) is 12.5. The van der Waals surface area contributed by atoms with Crippen LogP contribution in [0.4, 0.5) is 17.1 Å². The Morgan fingerprint density at radius 2 is 1.65 bits per heavy atom. The fourth-order valence-corrected chi connectivity index (χ4v) is 6.23. The number of nitro benzene ring substituents is 1. The van der Waals surface area contributed by atoms with Crippen LogP contribution in [0.3, 0.4) is 0 Å². The molecule has 4 aromatic rings. The number of nitrogens with one attached hydrogen (secondary N) is 1. The molecule has 1 aliphatic rings. The van der Waals surface area contributed by atoms with Gasteiger partial charge in [0.2, 0.25) is 5.91 Å². The van der Waals surface area contributed by atoms with Crippen LogP contribution >= 0.6 is 23.5 Å². The Kier molecular flexibility index (Phi) is 7.90. The van der Waals surface area contributed by atoms with E-state index in [-0.39, 0.29) is 28.8 Å². The van der Waals surface area contributed by atoms with Crippen LogP contribution in [-0.4, -0.2) is 37.3 Å². The minimum absolute atomic E-state index is 0.0520. The number of anilines is 2. The van der Waals surface area contributed by atoms with Crippen molar-refractivity contribution in [3.63, 3.8) is 0 Å². The summed E-state index contributed by atoms with van der Waals surface area (Å²) < 4.78 is 1.77. The van der Waals surface area contributed by atoms with E-state index in [4.69, 9.17) is 0 Å². The predicted octanol–water partition coefficient (Wildman–Crippen LogP) is 5.77. The number of nitro groups is 1. The molecule has 0 fully saturated rings. The highest BCUT2D eigenvalue weighted by molar-refractivity contribution is 8.00. The Hall–Kier alpha value is -4.16. The maximum atomic E-state index is 13.6. The molecule has 1 aliphatic heterocycles. The molecule has 0 spiro atoms. The molecule has 3 aromatic carbocycles. The van der Waals surface area contributed by atoms with E-state index >= 15 is 0 Å². The van der Waals surface area contributed by atoms with Crippen molar-refractivity contribution in [1.82, 2.24) is 20.1 Å². The third-order valence-corrected chi connectivity index (χ3v) is 8.56. The molecule has 0 bridgehead atoms. The number of aromatic nitrogens is 3. The smallest absolute Gasteiger partial charge is 0.270 e. The number of amides is 2. The molecule has 0 unspecified atom stereocenters. The quantitative estimate of drug-likeness (QED) is 0.160. The number of para-hydroxylation sites is 2. The van der Waals surface area contributed by atoms with Crippen LogP contribution in [0.5, 0.6) is 0 Å². The molecule has 204 valence electrons. The Morgan fingerprint density at radius 1 is 1.00 bits per heavy atom. The molecule has 0 saturated heterocycles. The zero-order valence-corrected chi connectivity index (χ0v) is 23.6. The van der Waals surface area contributed by atoms with Crippen LogP contribution in [0.2, 0.25) is 0 Å². The molecule has 10 nitrogen and oxygen atoms in total. The lowest BCUT2D eigenvalue weighted by molar-refractivity contribution is -0.384. The summed E-state index contributed by atoms with van der Waals surface area (Å²) in [6.45, 7) is 3.87. The lowest BCUT2D eigenvalue weighted by Gasteiger charge is -2.30. The van der Waals surface area contributed by atoms with Crippen molar-refractivity contribution in [3.05, 3.63) is 94.3 Å². The molecule has 40 heavy (non-hydrogen) atoms. The highest BCUT2D eigenvalue weighted by Crippen LogP contribution is 2.48. The summed E-state index contributed by atoms with van der Waals surface area (Å²) >= 11 is 2.91. The maximum absolute atomic E-state index is 13.6. The van der Waals surface area contributed by atoms with Crippen LogP contribution < -0.4 is 10.2 Å². The number of hydrogen-bond donors (Lipinski definition) is 1.